The zero-order valence-corrected chi connectivity index (χ0v) is 10.1. The molecular formula is C15H11N3O. The van der Waals surface area contributed by atoms with Gasteiger partial charge in [0.25, 0.3) is 0 Å². The van der Waals surface area contributed by atoms with Gasteiger partial charge >= 0.3 is 0 Å². The van der Waals surface area contributed by atoms with Gasteiger partial charge in [0.05, 0.1) is 0 Å². The molecule has 0 saturated carbocycles. The monoisotopic (exact) mass is 249 g/mol. The largest absolute Gasteiger partial charge is 0.289 e. The zero-order valence-electron chi connectivity index (χ0n) is 10.1. The van der Waals surface area contributed by atoms with Crippen LogP contribution in [0.5, 0.6) is 0 Å². The Balaban J connectivity index is 2.12. The summed E-state index contributed by atoms with van der Waals surface area (Å²) in [6.45, 7) is 0. The molecule has 0 atom stereocenters. The summed E-state index contributed by atoms with van der Waals surface area (Å²) in [6.07, 6.45) is 3.29. The molecule has 4 heteroatoms. The molecule has 19 heavy (non-hydrogen) atoms. The summed E-state index contributed by atoms with van der Waals surface area (Å²) in [6, 6.07) is 16.1. The average molecular weight is 249 g/mol. The second-order valence-corrected chi connectivity index (χ2v) is 3.84. The van der Waals surface area contributed by atoms with E-state index >= 15 is 0 Å². The van der Waals surface area contributed by atoms with Crippen LogP contribution in [0.4, 0.5) is 5.69 Å². The number of azide groups is 1. The van der Waals surface area contributed by atoms with Crippen LogP contribution < -0.4 is 0 Å². The highest BCUT2D eigenvalue weighted by Gasteiger charge is 2.00. The molecule has 0 amide bonds. The number of nitrogens with zero attached hydrogens (tertiary/aromatic N) is 3. The molecule has 0 bridgehead atoms. The van der Waals surface area contributed by atoms with Crippen molar-refractivity contribution in [3.05, 3.63) is 82.2 Å². The van der Waals surface area contributed by atoms with E-state index in [1.165, 1.54) is 6.08 Å². The van der Waals surface area contributed by atoms with Gasteiger partial charge in [0.1, 0.15) is 0 Å². The highest BCUT2D eigenvalue weighted by Crippen LogP contribution is 2.14. The Kier molecular flexibility index (Phi) is 4.11. The smallest absolute Gasteiger partial charge is 0.185 e. The standard InChI is InChI=1S/C15H11N3O/c16-18-17-14-9-7-13(8-10-14)15(19)11-6-12-4-2-1-3-5-12/h1-11H. The van der Waals surface area contributed by atoms with Gasteiger partial charge in [0, 0.05) is 16.2 Å². The molecular weight excluding hydrogens is 238 g/mol. The number of carbonyl (C=O) groups excluding carboxylic acids is 1. The Bertz CT molecular complexity index is 639. The first-order valence-corrected chi connectivity index (χ1v) is 5.72. The molecule has 2 aromatic rings. The molecule has 0 aliphatic heterocycles. The van der Waals surface area contributed by atoms with Gasteiger partial charge in [-0.15, -0.1) is 0 Å². The maximum atomic E-state index is 11.9. The topological polar surface area (TPSA) is 65.8 Å². The predicted molar refractivity (Wildman–Crippen MR) is 75.1 cm³/mol. The Labute approximate surface area is 110 Å². The Morgan fingerprint density at radius 1 is 1.05 bits per heavy atom. The Morgan fingerprint density at radius 2 is 1.74 bits per heavy atom. The molecule has 0 aromatic heterocycles. The molecule has 0 spiro atoms. The first-order valence-electron chi connectivity index (χ1n) is 5.72. The molecule has 0 fully saturated rings. The lowest BCUT2D eigenvalue weighted by Gasteiger charge is -1.96. The van der Waals surface area contributed by atoms with Crippen molar-refractivity contribution in [1.82, 2.24) is 0 Å². The van der Waals surface area contributed by atoms with Crippen molar-refractivity contribution in [3.63, 3.8) is 0 Å². The first kappa shape index (κ1) is 12.6. The van der Waals surface area contributed by atoms with Gasteiger partial charge in [-0.05, 0) is 17.2 Å². The molecule has 4 nitrogen and oxygen atoms in total. The van der Waals surface area contributed by atoms with Crippen LogP contribution in [0.15, 0.2) is 65.8 Å². The van der Waals surface area contributed by atoms with E-state index in [0.29, 0.717) is 11.3 Å². The fraction of sp³-hybridized carbons (Fsp3) is 0. The van der Waals surface area contributed by atoms with Crippen molar-refractivity contribution >= 4 is 17.5 Å². The lowest BCUT2D eigenvalue weighted by molar-refractivity contribution is 0.104. The van der Waals surface area contributed by atoms with Crippen molar-refractivity contribution in [2.75, 3.05) is 0 Å². The summed E-state index contributed by atoms with van der Waals surface area (Å²) in [5, 5.41) is 3.45. The van der Waals surface area contributed by atoms with E-state index in [1.807, 2.05) is 30.3 Å². The van der Waals surface area contributed by atoms with Crippen LogP contribution in [0.25, 0.3) is 16.5 Å². The van der Waals surface area contributed by atoms with E-state index < -0.39 is 0 Å². The number of hydrogen-bond donors (Lipinski definition) is 0. The number of allylic oxidation sites excluding steroid dienone is 1. The predicted octanol–water partition coefficient (Wildman–Crippen LogP) is 4.52. The molecule has 0 unspecified atom stereocenters. The number of carbonyl (C=O) groups is 1. The fourth-order valence-corrected chi connectivity index (χ4v) is 1.58. The number of rotatable bonds is 4. The van der Waals surface area contributed by atoms with E-state index in [2.05, 4.69) is 10.0 Å². The minimum absolute atomic E-state index is 0.0867. The van der Waals surface area contributed by atoms with Crippen LogP contribution in [-0.4, -0.2) is 5.78 Å². The SMILES string of the molecule is [N-]=[N+]=Nc1ccc(C(=O)C=Cc2ccccc2)cc1. The summed E-state index contributed by atoms with van der Waals surface area (Å²) >= 11 is 0. The molecule has 2 aromatic carbocycles. The molecule has 0 aliphatic carbocycles. The van der Waals surface area contributed by atoms with E-state index in [1.54, 1.807) is 30.3 Å². The molecule has 0 heterocycles. The van der Waals surface area contributed by atoms with Gasteiger partial charge in [0.2, 0.25) is 0 Å². The van der Waals surface area contributed by atoms with Crippen LogP contribution in [0.1, 0.15) is 15.9 Å². The van der Waals surface area contributed by atoms with Crippen molar-refractivity contribution in [2.45, 2.75) is 0 Å². The van der Waals surface area contributed by atoms with Crippen molar-refractivity contribution < 1.29 is 4.79 Å². The maximum absolute atomic E-state index is 11.9. The van der Waals surface area contributed by atoms with Gasteiger partial charge in [0.15, 0.2) is 5.78 Å². The lowest BCUT2D eigenvalue weighted by Crippen LogP contribution is -1.92. The van der Waals surface area contributed by atoms with Gasteiger partial charge < -0.3 is 0 Å². The number of benzene rings is 2. The van der Waals surface area contributed by atoms with E-state index in [4.69, 9.17) is 5.53 Å². The van der Waals surface area contributed by atoms with Gasteiger partial charge in [-0.3, -0.25) is 4.79 Å². The second-order valence-electron chi connectivity index (χ2n) is 3.84. The van der Waals surface area contributed by atoms with Gasteiger partial charge in [-0.1, -0.05) is 65.8 Å². The molecule has 0 N–H and O–H groups in total. The van der Waals surface area contributed by atoms with E-state index in [0.717, 1.165) is 5.56 Å². The van der Waals surface area contributed by atoms with Crippen LogP contribution in [0, 0.1) is 0 Å². The third-order valence-electron chi connectivity index (χ3n) is 2.54. The van der Waals surface area contributed by atoms with Gasteiger partial charge in [-0.2, -0.15) is 0 Å². The summed E-state index contributed by atoms with van der Waals surface area (Å²) in [7, 11) is 0. The quantitative estimate of drug-likeness (QED) is 0.258. The summed E-state index contributed by atoms with van der Waals surface area (Å²) < 4.78 is 0. The zero-order chi connectivity index (χ0) is 13.5. The van der Waals surface area contributed by atoms with Crippen molar-refractivity contribution in [2.24, 2.45) is 5.11 Å². The number of ketones is 1. The minimum Gasteiger partial charge on any atom is -0.289 e. The molecule has 0 saturated heterocycles. The average Bonchev–Trinajstić information content (AvgIpc) is 2.47. The normalized spacial score (nSPS) is 10.1. The minimum atomic E-state index is -0.0867. The van der Waals surface area contributed by atoms with Crippen LogP contribution in [-0.2, 0) is 0 Å². The molecule has 92 valence electrons. The fourth-order valence-electron chi connectivity index (χ4n) is 1.58. The third-order valence-corrected chi connectivity index (χ3v) is 2.54. The summed E-state index contributed by atoms with van der Waals surface area (Å²) in [5.74, 6) is -0.0867. The Morgan fingerprint density at radius 3 is 2.37 bits per heavy atom. The molecule has 0 aliphatic rings. The van der Waals surface area contributed by atoms with E-state index in [9.17, 15) is 4.79 Å². The molecule has 0 radical (unpaired) electrons. The Hall–Kier alpha value is -2.84. The highest BCUT2D eigenvalue weighted by molar-refractivity contribution is 6.06. The number of hydrogen-bond acceptors (Lipinski definition) is 2. The molecule has 2 rings (SSSR count). The van der Waals surface area contributed by atoms with E-state index in [-0.39, 0.29) is 5.78 Å². The highest BCUT2D eigenvalue weighted by atomic mass is 16.1. The van der Waals surface area contributed by atoms with Crippen molar-refractivity contribution in [3.8, 4) is 0 Å². The summed E-state index contributed by atoms with van der Waals surface area (Å²) in [5.41, 5.74) is 10.3. The second kappa shape index (κ2) is 6.19. The maximum Gasteiger partial charge on any atom is 0.185 e. The lowest BCUT2D eigenvalue weighted by atomic mass is 10.1. The summed E-state index contributed by atoms with van der Waals surface area (Å²) in [4.78, 5) is 14.6. The van der Waals surface area contributed by atoms with Crippen LogP contribution >= 0.6 is 0 Å². The van der Waals surface area contributed by atoms with Crippen LogP contribution in [0.3, 0.4) is 0 Å². The first-order chi connectivity index (χ1) is 9.29. The van der Waals surface area contributed by atoms with Crippen molar-refractivity contribution in [1.29, 1.82) is 0 Å². The van der Waals surface area contributed by atoms with Crippen LogP contribution in [0.2, 0.25) is 0 Å². The van der Waals surface area contributed by atoms with Gasteiger partial charge in [-0.25, -0.2) is 0 Å². The third kappa shape index (κ3) is 3.56.